The van der Waals surface area contributed by atoms with Gasteiger partial charge in [0.25, 0.3) is 0 Å². The number of thiocarbonyl (C=S) groups is 1. The van der Waals surface area contributed by atoms with Gasteiger partial charge in [-0.25, -0.2) is 4.79 Å². The van der Waals surface area contributed by atoms with Gasteiger partial charge in [-0.2, -0.15) is 0 Å². The number of amides is 1. The third kappa shape index (κ3) is 4.61. The van der Waals surface area contributed by atoms with Crippen molar-refractivity contribution in [1.82, 2.24) is 5.32 Å². The molecule has 0 bridgehead atoms. The lowest BCUT2D eigenvalue weighted by atomic mass is 10.0. The van der Waals surface area contributed by atoms with E-state index in [1.54, 1.807) is 30.3 Å². The van der Waals surface area contributed by atoms with Crippen LogP contribution < -0.4 is 10.6 Å². The van der Waals surface area contributed by atoms with Crippen molar-refractivity contribution in [1.29, 1.82) is 0 Å². The first-order chi connectivity index (χ1) is 13.6. The highest BCUT2D eigenvalue weighted by molar-refractivity contribution is 7.80. The Morgan fingerprint density at radius 1 is 0.964 bits per heavy atom. The van der Waals surface area contributed by atoms with Crippen molar-refractivity contribution in [2.45, 2.75) is 0 Å². The van der Waals surface area contributed by atoms with Crippen molar-refractivity contribution in [3.05, 3.63) is 83.9 Å². The van der Waals surface area contributed by atoms with Crippen LogP contribution in [0.4, 0.5) is 5.69 Å². The molecule has 0 heterocycles. The molecule has 0 saturated heterocycles. The average molecular weight is 390 g/mol. The fourth-order valence-corrected chi connectivity index (χ4v) is 2.96. The van der Waals surface area contributed by atoms with Gasteiger partial charge < -0.3 is 10.1 Å². The number of methoxy groups -OCH3 is 1. The Kier molecular flexibility index (Phi) is 6.14. The third-order valence-electron chi connectivity index (χ3n) is 4.05. The molecule has 0 radical (unpaired) electrons. The second kappa shape index (κ2) is 8.92. The molecule has 0 fully saturated rings. The lowest BCUT2D eigenvalue weighted by Crippen LogP contribution is -2.33. The first-order valence-electron chi connectivity index (χ1n) is 8.53. The number of esters is 1. The number of anilines is 1. The molecule has 0 atom stereocenters. The van der Waals surface area contributed by atoms with Gasteiger partial charge >= 0.3 is 5.97 Å². The molecule has 3 aromatic rings. The third-order valence-corrected chi connectivity index (χ3v) is 4.26. The Hall–Kier alpha value is -3.51. The number of carbonyl (C=O) groups excluding carboxylic acids is 2. The topological polar surface area (TPSA) is 67.4 Å². The standard InChI is InChI=1S/C22H18N2O3S/c1-27-21(26)18-11-4-5-12-19(18)23-22(28)24-20(25)14-13-16-9-6-8-15-7-2-3-10-17(15)16/h2-14H,1H3,(H2,23,24,25,28). The minimum absolute atomic E-state index is 0.0870. The zero-order valence-electron chi connectivity index (χ0n) is 15.1. The largest absolute Gasteiger partial charge is 0.465 e. The van der Waals surface area contributed by atoms with E-state index in [4.69, 9.17) is 17.0 Å². The maximum Gasteiger partial charge on any atom is 0.339 e. The fourth-order valence-electron chi connectivity index (χ4n) is 2.75. The Morgan fingerprint density at radius 3 is 2.50 bits per heavy atom. The number of hydrogen-bond donors (Lipinski definition) is 2. The van der Waals surface area contributed by atoms with Gasteiger partial charge in [-0.1, -0.05) is 54.6 Å². The van der Waals surface area contributed by atoms with Crippen LogP contribution in [0.1, 0.15) is 15.9 Å². The zero-order chi connectivity index (χ0) is 19.9. The van der Waals surface area contributed by atoms with Crippen molar-refractivity contribution in [2.24, 2.45) is 0 Å². The summed E-state index contributed by atoms with van der Waals surface area (Å²) in [5.41, 5.74) is 1.72. The molecule has 2 N–H and O–H groups in total. The van der Waals surface area contributed by atoms with Gasteiger partial charge in [0.15, 0.2) is 5.11 Å². The number of hydrogen-bond acceptors (Lipinski definition) is 4. The van der Waals surface area contributed by atoms with Crippen LogP contribution in [-0.4, -0.2) is 24.1 Å². The highest BCUT2D eigenvalue weighted by Crippen LogP contribution is 2.19. The molecule has 0 aliphatic rings. The molecular formula is C22H18N2O3S. The van der Waals surface area contributed by atoms with Crippen molar-refractivity contribution in [3.63, 3.8) is 0 Å². The molecule has 28 heavy (non-hydrogen) atoms. The van der Waals surface area contributed by atoms with E-state index >= 15 is 0 Å². The number of nitrogens with one attached hydrogen (secondary N) is 2. The van der Waals surface area contributed by atoms with Crippen LogP contribution in [0.15, 0.2) is 72.8 Å². The average Bonchev–Trinajstić information content (AvgIpc) is 2.72. The summed E-state index contributed by atoms with van der Waals surface area (Å²) in [6.07, 6.45) is 3.16. The summed E-state index contributed by atoms with van der Waals surface area (Å²) < 4.78 is 4.74. The number of ether oxygens (including phenoxy) is 1. The highest BCUT2D eigenvalue weighted by Gasteiger charge is 2.12. The van der Waals surface area contributed by atoms with Crippen LogP contribution >= 0.6 is 12.2 Å². The second-order valence-electron chi connectivity index (χ2n) is 5.88. The molecule has 6 heteroatoms. The maximum absolute atomic E-state index is 12.2. The first kappa shape index (κ1) is 19.3. The summed E-state index contributed by atoms with van der Waals surface area (Å²) >= 11 is 5.17. The molecule has 0 aromatic heterocycles. The van der Waals surface area contributed by atoms with E-state index in [1.807, 2.05) is 42.5 Å². The minimum atomic E-state index is -0.493. The Balaban J connectivity index is 1.67. The fraction of sp³-hybridized carbons (Fsp3) is 0.0455. The molecule has 5 nitrogen and oxygen atoms in total. The normalized spacial score (nSPS) is 10.6. The molecule has 0 spiro atoms. The second-order valence-corrected chi connectivity index (χ2v) is 6.29. The molecule has 140 valence electrons. The predicted molar refractivity (Wildman–Crippen MR) is 115 cm³/mol. The lowest BCUT2D eigenvalue weighted by Gasteiger charge is -2.11. The number of carbonyl (C=O) groups is 2. The molecule has 0 unspecified atom stereocenters. The van der Waals surface area contributed by atoms with Crippen LogP contribution in [0.25, 0.3) is 16.8 Å². The van der Waals surface area contributed by atoms with Crippen molar-refractivity contribution < 1.29 is 14.3 Å². The van der Waals surface area contributed by atoms with Crippen molar-refractivity contribution >= 4 is 51.7 Å². The van der Waals surface area contributed by atoms with E-state index < -0.39 is 5.97 Å². The van der Waals surface area contributed by atoms with Crippen LogP contribution in [0.3, 0.4) is 0 Å². The van der Waals surface area contributed by atoms with Crippen molar-refractivity contribution in [3.8, 4) is 0 Å². The van der Waals surface area contributed by atoms with Gasteiger partial charge in [-0.05, 0) is 46.8 Å². The lowest BCUT2D eigenvalue weighted by molar-refractivity contribution is -0.115. The van der Waals surface area contributed by atoms with Crippen LogP contribution in [-0.2, 0) is 9.53 Å². The number of benzene rings is 3. The van der Waals surface area contributed by atoms with E-state index in [0.717, 1.165) is 16.3 Å². The van der Waals surface area contributed by atoms with E-state index in [1.165, 1.54) is 13.2 Å². The van der Waals surface area contributed by atoms with Crippen LogP contribution in [0, 0.1) is 0 Å². The van der Waals surface area contributed by atoms with Crippen molar-refractivity contribution in [2.75, 3.05) is 12.4 Å². The zero-order valence-corrected chi connectivity index (χ0v) is 16.0. The van der Waals surface area contributed by atoms with Gasteiger partial charge in [-0.3, -0.25) is 10.1 Å². The van der Waals surface area contributed by atoms with Gasteiger partial charge in [0.1, 0.15) is 0 Å². The summed E-state index contributed by atoms with van der Waals surface area (Å²) in [6, 6.07) is 20.6. The summed E-state index contributed by atoms with van der Waals surface area (Å²) in [5, 5.41) is 7.67. The van der Waals surface area contributed by atoms with E-state index in [-0.39, 0.29) is 11.0 Å². The quantitative estimate of drug-likeness (QED) is 0.398. The predicted octanol–water partition coefficient (Wildman–Crippen LogP) is 4.15. The summed E-state index contributed by atoms with van der Waals surface area (Å²) in [7, 11) is 1.30. The molecule has 3 aromatic carbocycles. The highest BCUT2D eigenvalue weighted by atomic mass is 32.1. The number of fused-ring (bicyclic) bond motifs is 1. The summed E-state index contributed by atoms with van der Waals surface area (Å²) in [4.78, 5) is 24.0. The first-order valence-corrected chi connectivity index (χ1v) is 8.94. The van der Waals surface area contributed by atoms with E-state index in [0.29, 0.717) is 11.3 Å². The minimum Gasteiger partial charge on any atom is -0.465 e. The molecule has 0 aliphatic carbocycles. The Labute approximate surface area is 168 Å². The molecule has 0 saturated carbocycles. The summed E-state index contributed by atoms with van der Waals surface area (Å²) in [5.74, 6) is -0.867. The smallest absolute Gasteiger partial charge is 0.339 e. The number of para-hydroxylation sites is 1. The van der Waals surface area contributed by atoms with Gasteiger partial charge in [0.05, 0.1) is 18.4 Å². The van der Waals surface area contributed by atoms with Crippen LogP contribution in [0.2, 0.25) is 0 Å². The van der Waals surface area contributed by atoms with E-state index in [9.17, 15) is 9.59 Å². The monoisotopic (exact) mass is 390 g/mol. The van der Waals surface area contributed by atoms with Gasteiger partial charge in [0, 0.05) is 6.08 Å². The SMILES string of the molecule is COC(=O)c1ccccc1NC(=S)NC(=O)C=Cc1cccc2ccccc12. The molecule has 0 aliphatic heterocycles. The summed E-state index contributed by atoms with van der Waals surface area (Å²) in [6.45, 7) is 0. The molecular weight excluding hydrogens is 372 g/mol. The Morgan fingerprint density at radius 2 is 1.68 bits per heavy atom. The van der Waals surface area contributed by atoms with Crippen LogP contribution in [0.5, 0.6) is 0 Å². The molecule has 1 amide bonds. The Bertz CT molecular complexity index is 1070. The van der Waals surface area contributed by atoms with Gasteiger partial charge in [0.2, 0.25) is 5.91 Å². The number of rotatable bonds is 4. The maximum atomic E-state index is 12.2. The van der Waals surface area contributed by atoms with Gasteiger partial charge in [-0.15, -0.1) is 0 Å². The molecule has 3 rings (SSSR count). The van der Waals surface area contributed by atoms with E-state index in [2.05, 4.69) is 10.6 Å².